The van der Waals surface area contributed by atoms with Crippen LogP contribution in [0.3, 0.4) is 0 Å². The Balaban J connectivity index is 2.64. The predicted molar refractivity (Wildman–Crippen MR) is 53.6 cm³/mol. The zero-order valence-electron chi connectivity index (χ0n) is 9.35. The quantitative estimate of drug-likeness (QED) is 0.626. The molecule has 1 aliphatic carbocycles. The first-order valence-corrected chi connectivity index (χ1v) is 4.95. The minimum atomic E-state index is -1.14. The first kappa shape index (κ1) is 12.5. The summed E-state index contributed by atoms with van der Waals surface area (Å²) in [7, 11) is 0. The maximum absolute atomic E-state index is 11.6. The highest BCUT2D eigenvalue weighted by Gasteiger charge is 2.66. The van der Waals surface area contributed by atoms with Gasteiger partial charge in [-0.15, -0.1) is 0 Å². The predicted octanol–water partition coefficient (Wildman–Crippen LogP) is -0.0675. The molecule has 16 heavy (non-hydrogen) atoms. The third kappa shape index (κ3) is 2.00. The highest BCUT2D eigenvalue weighted by molar-refractivity contribution is 5.93. The monoisotopic (exact) mass is 229 g/mol. The van der Waals surface area contributed by atoms with Gasteiger partial charge in [-0.3, -0.25) is 14.4 Å². The summed E-state index contributed by atoms with van der Waals surface area (Å²) >= 11 is 0. The smallest absolute Gasteiger partial charge is 0.325 e. The summed E-state index contributed by atoms with van der Waals surface area (Å²) in [4.78, 5) is 33.0. The number of carboxylic acid groups (broad SMARTS) is 2. The molecule has 1 aliphatic rings. The molecule has 6 heteroatoms. The molecule has 1 saturated carbocycles. The second-order valence-corrected chi connectivity index (χ2v) is 4.68. The highest BCUT2D eigenvalue weighted by Crippen LogP contribution is 2.58. The van der Waals surface area contributed by atoms with Crippen molar-refractivity contribution in [1.29, 1.82) is 0 Å². The fourth-order valence-corrected chi connectivity index (χ4v) is 1.95. The van der Waals surface area contributed by atoms with Crippen LogP contribution in [-0.4, -0.2) is 34.1 Å². The average Bonchev–Trinajstić information content (AvgIpc) is 2.68. The minimum Gasteiger partial charge on any atom is -0.481 e. The molecule has 0 unspecified atom stereocenters. The third-order valence-corrected chi connectivity index (χ3v) is 3.11. The van der Waals surface area contributed by atoms with Gasteiger partial charge in [0.05, 0.1) is 11.8 Å². The Morgan fingerprint density at radius 2 is 1.69 bits per heavy atom. The van der Waals surface area contributed by atoms with Gasteiger partial charge in [-0.25, -0.2) is 0 Å². The first-order chi connectivity index (χ1) is 7.19. The topological polar surface area (TPSA) is 104 Å². The minimum absolute atomic E-state index is 0.507. The molecule has 0 bridgehead atoms. The molecule has 6 nitrogen and oxygen atoms in total. The van der Waals surface area contributed by atoms with Gasteiger partial charge in [0.15, 0.2) is 0 Å². The molecule has 1 rings (SSSR count). The highest BCUT2D eigenvalue weighted by atomic mass is 16.4. The van der Waals surface area contributed by atoms with Crippen molar-refractivity contribution in [3.05, 3.63) is 0 Å². The number of hydrogen-bond donors (Lipinski definition) is 3. The Labute approximate surface area is 92.6 Å². The van der Waals surface area contributed by atoms with Crippen molar-refractivity contribution in [1.82, 2.24) is 5.32 Å². The van der Waals surface area contributed by atoms with E-state index in [-0.39, 0.29) is 0 Å². The van der Waals surface area contributed by atoms with Crippen molar-refractivity contribution in [2.45, 2.75) is 26.8 Å². The van der Waals surface area contributed by atoms with E-state index in [4.69, 9.17) is 10.2 Å². The SMILES string of the molecule is C[C@H](NC(=O)[C@@H]1[C@H](C(=O)O)C1(C)C)C(=O)O. The third-order valence-electron chi connectivity index (χ3n) is 3.11. The van der Waals surface area contributed by atoms with Crippen molar-refractivity contribution in [3.8, 4) is 0 Å². The molecular formula is C10H15NO5. The normalized spacial score (nSPS) is 27.9. The van der Waals surface area contributed by atoms with Crippen LogP contribution in [0.5, 0.6) is 0 Å². The lowest BCUT2D eigenvalue weighted by atomic mass is 10.1. The van der Waals surface area contributed by atoms with E-state index in [1.54, 1.807) is 13.8 Å². The number of carbonyl (C=O) groups is 3. The van der Waals surface area contributed by atoms with E-state index < -0.39 is 41.1 Å². The van der Waals surface area contributed by atoms with E-state index in [0.717, 1.165) is 0 Å². The fourth-order valence-electron chi connectivity index (χ4n) is 1.95. The number of carbonyl (C=O) groups excluding carboxylic acids is 1. The number of aliphatic carboxylic acids is 2. The van der Waals surface area contributed by atoms with Crippen LogP contribution in [0, 0.1) is 17.3 Å². The van der Waals surface area contributed by atoms with Gasteiger partial charge in [-0.05, 0) is 12.3 Å². The lowest BCUT2D eigenvalue weighted by Crippen LogP contribution is -2.40. The summed E-state index contributed by atoms with van der Waals surface area (Å²) in [6.45, 7) is 4.70. The largest absolute Gasteiger partial charge is 0.481 e. The Morgan fingerprint density at radius 1 is 1.19 bits per heavy atom. The van der Waals surface area contributed by atoms with Crippen LogP contribution in [0.4, 0.5) is 0 Å². The van der Waals surface area contributed by atoms with Gasteiger partial charge in [0.25, 0.3) is 0 Å². The first-order valence-electron chi connectivity index (χ1n) is 4.95. The van der Waals surface area contributed by atoms with Gasteiger partial charge in [0.1, 0.15) is 6.04 Å². The Hall–Kier alpha value is -1.59. The van der Waals surface area contributed by atoms with Crippen LogP contribution in [-0.2, 0) is 14.4 Å². The maximum atomic E-state index is 11.6. The number of hydrogen-bond acceptors (Lipinski definition) is 3. The zero-order valence-corrected chi connectivity index (χ0v) is 9.35. The Morgan fingerprint density at radius 3 is 2.00 bits per heavy atom. The van der Waals surface area contributed by atoms with Crippen LogP contribution in [0.1, 0.15) is 20.8 Å². The van der Waals surface area contributed by atoms with Crippen molar-refractivity contribution in [3.63, 3.8) is 0 Å². The molecule has 1 amide bonds. The molecule has 0 aromatic carbocycles. The van der Waals surface area contributed by atoms with Crippen molar-refractivity contribution in [2.24, 2.45) is 17.3 Å². The molecule has 1 fully saturated rings. The van der Waals surface area contributed by atoms with E-state index in [9.17, 15) is 14.4 Å². The Bertz CT molecular complexity index is 349. The van der Waals surface area contributed by atoms with Crippen LogP contribution in [0.25, 0.3) is 0 Å². The van der Waals surface area contributed by atoms with Gasteiger partial charge >= 0.3 is 11.9 Å². The zero-order chi connectivity index (χ0) is 12.7. The fraction of sp³-hybridized carbons (Fsp3) is 0.700. The Kier molecular flexibility index (Phi) is 2.94. The van der Waals surface area contributed by atoms with E-state index >= 15 is 0 Å². The average molecular weight is 229 g/mol. The molecule has 0 spiro atoms. The molecule has 90 valence electrons. The van der Waals surface area contributed by atoms with Crippen LogP contribution < -0.4 is 5.32 Å². The molecule has 0 saturated heterocycles. The van der Waals surface area contributed by atoms with E-state index in [1.165, 1.54) is 6.92 Å². The van der Waals surface area contributed by atoms with Gasteiger partial charge < -0.3 is 15.5 Å². The van der Waals surface area contributed by atoms with Gasteiger partial charge in [0, 0.05) is 0 Å². The van der Waals surface area contributed by atoms with Gasteiger partial charge in [-0.1, -0.05) is 13.8 Å². The van der Waals surface area contributed by atoms with Crippen molar-refractivity contribution >= 4 is 17.8 Å². The number of nitrogens with one attached hydrogen (secondary N) is 1. The van der Waals surface area contributed by atoms with E-state index in [1.807, 2.05) is 0 Å². The number of amides is 1. The van der Waals surface area contributed by atoms with Crippen LogP contribution in [0.15, 0.2) is 0 Å². The van der Waals surface area contributed by atoms with Gasteiger partial charge in [-0.2, -0.15) is 0 Å². The van der Waals surface area contributed by atoms with Crippen molar-refractivity contribution < 1.29 is 24.6 Å². The molecule has 0 aromatic heterocycles. The van der Waals surface area contributed by atoms with Gasteiger partial charge in [0.2, 0.25) is 5.91 Å². The lowest BCUT2D eigenvalue weighted by Gasteiger charge is -2.09. The molecule has 3 N–H and O–H groups in total. The second-order valence-electron chi connectivity index (χ2n) is 4.68. The van der Waals surface area contributed by atoms with E-state index in [0.29, 0.717) is 0 Å². The molecule has 0 aromatic rings. The van der Waals surface area contributed by atoms with Crippen molar-refractivity contribution in [2.75, 3.05) is 0 Å². The summed E-state index contributed by atoms with van der Waals surface area (Å²) in [5.41, 5.74) is -0.603. The molecule has 0 aliphatic heterocycles. The summed E-state index contributed by atoms with van der Waals surface area (Å²) in [6, 6.07) is -1.00. The second kappa shape index (κ2) is 3.77. The van der Waals surface area contributed by atoms with Crippen LogP contribution in [0.2, 0.25) is 0 Å². The molecule has 3 atom stereocenters. The van der Waals surface area contributed by atoms with Crippen LogP contribution >= 0.6 is 0 Å². The lowest BCUT2D eigenvalue weighted by molar-refractivity contribution is -0.142. The molecule has 0 radical (unpaired) electrons. The maximum Gasteiger partial charge on any atom is 0.325 e. The van der Waals surface area contributed by atoms with E-state index in [2.05, 4.69) is 5.32 Å². The standard InChI is InChI=1S/C10H15NO5/c1-4(8(13)14)11-7(12)5-6(9(15)16)10(5,2)3/h4-6H,1-3H3,(H,11,12)(H,13,14)(H,15,16)/t4-,5-,6+/m0/s1. The molecular weight excluding hydrogens is 214 g/mol. The summed E-state index contributed by atoms with van der Waals surface area (Å²) < 4.78 is 0. The number of carboxylic acids is 2. The summed E-state index contributed by atoms with van der Waals surface area (Å²) in [5.74, 6) is -4.04. The summed E-state index contributed by atoms with van der Waals surface area (Å²) in [5, 5.41) is 19.7. The number of rotatable bonds is 4. The summed E-state index contributed by atoms with van der Waals surface area (Å²) in [6.07, 6.45) is 0. The molecule has 0 heterocycles.